The molecule has 0 aliphatic heterocycles. The minimum absolute atomic E-state index is 0.306. The third-order valence-electron chi connectivity index (χ3n) is 3.53. The van der Waals surface area contributed by atoms with Gasteiger partial charge < -0.3 is 20.1 Å². The van der Waals surface area contributed by atoms with Gasteiger partial charge >= 0.3 is 6.03 Å². The average Bonchev–Trinajstić information content (AvgIpc) is 2.81. The van der Waals surface area contributed by atoms with Gasteiger partial charge in [-0.3, -0.25) is 0 Å². The maximum absolute atomic E-state index is 12.2. The lowest BCUT2D eigenvalue weighted by Gasteiger charge is -2.18. The molecule has 2 rings (SSSR count). The van der Waals surface area contributed by atoms with Crippen molar-refractivity contribution in [3.05, 3.63) is 35.2 Å². The van der Waals surface area contributed by atoms with E-state index in [4.69, 9.17) is 4.52 Å². The minimum atomic E-state index is -0.306. The molecule has 0 radical (unpaired) electrons. The first-order valence-electron chi connectivity index (χ1n) is 7.24. The number of aromatic nitrogens is 1. The van der Waals surface area contributed by atoms with E-state index in [1.54, 1.807) is 6.92 Å². The van der Waals surface area contributed by atoms with E-state index < -0.39 is 0 Å². The molecule has 6 heteroatoms. The third-order valence-corrected chi connectivity index (χ3v) is 3.53. The van der Waals surface area contributed by atoms with E-state index in [1.807, 2.05) is 51.0 Å². The minimum Gasteiger partial charge on any atom is -0.377 e. The van der Waals surface area contributed by atoms with Crippen molar-refractivity contribution >= 4 is 23.1 Å². The van der Waals surface area contributed by atoms with Crippen LogP contribution in [0.3, 0.4) is 0 Å². The quantitative estimate of drug-likeness (QED) is 0.906. The summed E-state index contributed by atoms with van der Waals surface area (Å²) in [5.74, 6) is 0.673. The monoisotopic (exact) mass is 302 g/mol. The van der Waals surface area contributed by atoms with Crippen molar-refractivity contribution in [3.8, 4) is 0 Å². The Morgan fingerprint density at radius 1 is 1.27 bits per heavy atom. The van der Waals surface area contributed by atoms with Crippen LogP contribution in [0.4, 0.5) is 21.9 Å². The maximum atomic E-state index is 12.2. The van der Waals surface area contributed by atoms with Crippen LogP contribution in [0.1, 0.15) is 23.9 Å². The summed E-state index contributed by atoms with van der Waals surface area (Å²) in [4.78, 5) is 14.2. The summed E-state index contributed by atoms with van der Waals surface area (Å²) < 4.78 is 5.17. The van der Waals surface area contributed by atoms with Crippen LogP contribution < -0.4 is 15.5 Å². The predicted molar refractivity (Wildman–Crippen MR) is 88.8 cm³/mol. The van der Waals surface area contributed by atoms with Gasteiger partial charge in [0, 0.05) is 31.9 Å². The van der Waals surface area contributed by atoms with Crippen molar-refractivity contribution in [3.63, 3.8) is 0 Å². The van der Waals surface area contributed by atoms with E-state index in [1.165, 1.54) is 0 Å². The van der Waals surface area contributed by atoms with Gasteiger partial charge in [0.05, 0.1) is 0 Å². The SMILES string of the molecule is CCc1onc(C)c1NC(=O)Nc1cccc(N(C)C)c1C. The van der Waals surface area contributed by atoms with Crippen molar-refractivity contribution in [2.45, 2.75) is 27.2 Å². The molecule has 22 heavy (non-hydrogen) atoms. The summed E-state index contributed by atoms with van der Waals surface area (Å²) in [5, 5.41) is 9.57. The summed E-state index contributed by atoms with van der Waals surface area (Å²) in [6, 6.07) is 5.50. The van der Waals surface area contributed by atoms with Crippen LogP contribution in [0, 0.1) is 13.8 Å². The van der Waals surface area contributed by atoms with Gasteiger partial charge in [0.15, 0.2) is 5.76 Å². The first-order chi connectivity index (χ1) is 10.4. The van der Waals surface area contributed by atoms with Crippen LogP contribution in [0.5, 0.6) is 0 Å². The zero-order valence-electron chi connectivity index (χ0n) is 13.7. The van der Waals surface area contributed by atoms with Gasteiger partial charge in [0.1, 0.15) is 11.4 Å². The Hall–Kier alpha value is -2.50. The van der Waals surface area contributed by atoms with Crippen molar-refractivity contribution in [1.82, 2.24) is 5.16 Å². The molecule has 2 amide bonds. The van der Waals surface area contributed by atoms with Crippen LogP contribution in [0.25, 0.3) is 0 Å². The van der Waals surface area contributed by atoms with Gasteiger partial charge in [0.2, 0.25) is 0 Å². The van der Waals surface area contributed by atoms with Gasteiger partial charge in [-0.25, -0.2) is 4.79 Å². The first kappa shape index (κ1) is 15.9. The lowest BCUT2D eigenvalue weighted by Crippen LogP contribution is -2.21. The lowest BCUT2D eigenvalue weighted by molar-refractivity contribution is 0.262. The third kappa shape index (κ3) is 3.21. The molecule has 2 aromatic rings. The number of carbonyl (C=O) groups excluding carboxylic acids is 1. The number of nitrogens with zero attached hydrogens (tertiary/aromatic N) is 2. The summed E-state index contributed by atoms with van der Waals surface area (Å²) in [6.07, 6.45) is 0.672. The Morgan fingerprint density at radius 2 is 2.00 bits per heavy atom. The number of benzene rings is 1. The van der Waals surface area contributed by atoms with Crippen LogP contribution >= 0.6 is 0 Å². The number of nitrogens with one attached hydrogen (secondary N) is 2. The van der Waals surface area contributed by atoms with Gasteiger partial charge in [-0.2, -0.15) is 0 Å². The van der Waals surface area contributed by atoms with Gasteiger partial charge in [-0.05, 0) is 31.5 Å². The first-order valence-corrected chi connectivity index (χ1v) is 7.24. The smallest absolute Gasteiger partial charge is 0.323 e. The van der Waals surface area contributed by atoms with Gasteiger partial charge in [0.25, 0.3) is 0 Å². The molecule has 0 spiro atoms. The molecular formula is C16H22N4O2. The van der Waals surface area contributed by atoms with Crippen LogP contribution in [-0.4, -0.2) is 25.3 Å². The summed E-state index contributed by atoms with van der Waals surface area (Å²) >= 11 is 0. The molecule has 0 saturated heterocycles. The number of rotatable bonds is 4. The van der Waals surface area contributed by atoms with E-state index in [0.29, 0.717) is 23.6 Å². The second-order valence-electron chi connectivity index (χ2n) is 5.34. The zero-order chi connectivity index (χ0) is 16.3. The highest BCUT2D eigenvalue weighted by atomic mass is 16.5. The van der Waals surface area contributed by atoms with Crippen molar-refractivity contribution < 1.29 is 9.32 Å². The number of urea groups is 1. The van der Waals surface area contributed by atoms with Crippen LogP contribution in [0.2, 0.25) is 0 Å². The fourth-order valence-electron chi connectivity index (χ4n) is 2.33. The summed E-state index contributed by atoms with van der Waals surface area (Å²) in [7, 11) is 3.94. The molecule has 0 bridgehead atoms. The Morgan fingerprint density at radius 3 is 2.64 bits per heavy atom. The fraction of sp³-hybridized carbons (Fsp3) is 0.375. The number of amides is 2. The van der Waals surface area contributed by atoms with Crippen LogP contribution in [0.15, 0.2) is 22.7 Å². The Bertz CT molecular complexity index is 677. The number of aryl methyl sites for hydroxylation is 2. The number of hydrogen-bond acceptors (Lipinski definition) is 4. The maximum Gasteiger partial charge on any atom is 0.323 e. The van der Waals surface area contributed by atoms with E-state index >= 15 is 0 Å². The summed E-state index contributed by atoms with van der Waals surface area (Å²) in [5.41, 5.74) is 4.16. The zero-order valence-corrected chi connectivity index (χ0v) is 13.7. The second-order valence-corrected chi connectivity index (χ2v) is 5.34. The van der Waals surface area contributed by atoms with Crippen molar-refractivity contribution in [2.75, 3.05) is 29.6 Å². The number of hydrogen-bond donors (Lipinski definition) is 2. The molecule has 0 fully saturated rings. The van der Waals surface area contributed by atoms with E-state index in [0.717, 1.165) is 16.9 Å². The Balaban J connectivity index is 2.16. The second kappa shape index (κ2) is 6.51. The highest BCUT2D eigenvalue weighted by Crippen LogP contribution is 2.26. The largest absolute Gasteiger partial charge is 0.377 e. The van der Waals surface area contributed by atoms with Gasteiger partial charge in [-0.1, -0.05) is 18.1 Å². The molecule has 1 aromatic heterocycles. The predicted octanol–water partition coefficient (Wildman–Crippen LogP) is 3.56. The van der Waals surface area contributed by atoms with E-state index in [2.05, 4.69) is 15.8 Å². The number of carbonyl (C=O) groups is 1. The van der Waals surface area contributed by atoms with Crippen molar-refractivity contribution in [2.24, 2.45) is 0 Å². The van der Waals surface area contributed by atoms with E-state index in [9.17, 15) is 4.79 Å². The molecule has 0 aliphatic carbocycles. The topological polar surface area (TPSA) is 70.4 Å². The van der Waals surface area contributed by atoms with Gasteiger partial charge in [-0.15, -0.1) is 0 Å². The average molecular weight is 302 g/mol. The Kier molecular flexibility index (Phi) is 4.70. The standard InChI is InChI=1S/C16H22N4O2/c1-6-14-15(11(3)19-22-14)18-16(21)17-12-8-7-9-13(10(12)2)20(4)5/h7-9H,6H2,1-5H3,(H2,17,18,21). The van der Waals surface area contributed by atoms with Crippen LogP contribution in [-0.2, 0) is 6.42 Å². The molecular weight excluding hydrogens is 280 g/mol. The molecule has 0 saturated carbocycles. The molecule has 0 atom stereocenters. The molecule has 0 unspecified atom stereocenters. The Labute approximate surface area is 130 Å². The normalized spacial score (nSPS) is 10.4. The molecule has 1 aromatic carbocycles. The van der Waals surface area contributed by atoms with Crippen molar-refractivity contribution in [1.29, 1.82) is 0 Å². The molecule has 2 N–H and O–H groups in total. The lowest BCUT2D eigenvalue weighted by atomic mass is 10.1. The fourth-order valence-corrected chi connectivity index (χ4v) is 2.33. The molecule has 6 nitrogen and oxygen atoms in total. The summed E-state index contributed by atoms with van der Waals surface area (Å²) in [6.45, 7) is 5.73. The van der Waals surface area contributed by atoms with E-state index in [-0.39, 0.29) is 6.03 Å². The highest BCUT2D eigenvalue weighted by molar-refractivity contribution is 6.01. The molecule has 0 aliphatic rings. The molecule has 1 heterocycles. The molecule has 118 valence electrons. The highest BCUT2D eigenvalue weighted by Gasteiger charge is 2.15. The number of anilines is 3.